The number of anilines is 1. The molecule has 0 unspecified atom stereocenters. The number of aromatic nitrogens is 3. The molecule has 0 radical (unpaired) electrons. The van der Waals surface area contributed by atoms with Crippen LogP contribution in [0.2, 0.25) is 0 Å². The average Bonchev–Trinajstić information content (AvgIpc) is 3.07. The van der Waals surface area contributed by atoms with E-state index < -0.39 is 29.2 Å². The number of hydrogen-bond donors (Lipinski definition) is 1. The van der Waals surface area contributed by atoms with Gasteiger partial charge in [0.2, 0.25) is 17.6 Å². The normalized spacial score (nSPS) is 16.1. The molecule has 11 heteroatoms. The van der Waals surface area contributed by atoms with Gasteiger partial charge < -0.3 is 9.73 Å². The summed E-state index contributed by atoms with van der Waals surface area (Å²) in [5.74, 6) is -1.32. The predicted molar refractivity (Wildman–Crippen MR) is 97.9 cm³/mol. The second-order valence-corrected chi connectivity index (χ2v) is 7.37. The molecule has 1 fully saturated rings. The van der Waals surface area contributed by atoms with Gasteiger partial charge >= 0.3 is 12.4 Å². The van der Waals surface area contributed by atoms with Crippen molar-refractivity contribution < 1.29 is 30.8 Å². The monoisotopic (exact) mass is 442 g/mol. The van der Waals surface area contributed by atoms with Crippen LogP contribution in [0.25, 0.3) is 11.5 Å². The van der Waals surface area contributed by atoms with E-state index in [-0.39, 0.29) is 23.1 Å². The van der Waals surface area contributed by atoms with E-state index in [0.717, 1.165) is 18.6 Å². The number of alkyl halides is 6. The van der Waals surface area contributed by atoms with E-state index in [1.54, 1.807) is 6.07 Å². The SMILES string of the molecule is Cc1nc(-c2cnc(NC3(c4cccc(C(F)(F)F)c4)CCC3)nc2)oc1C(F)(F)F. The van der Waals surface area contributed by atoms with Crippen LogP contribution in [0.4, 0.5) is 32.3 Å². The van der Waals surface area contributed by atoms with E-state index >= 15 is 0 Å². The molecule has 3 aromatic rings. The Labute approximate surface area is 172 Å². The van der Waals surface area contributed by atoms with Gasteiger partial charge in [-0.2, -0.15) is 26.3 Å². The number of hydrogen-bond acceptors (Lipinski definition) is 5. The number of halogens is 6. The number of benzene rings is 1. The molecule has 1 aromatic carbocycles. The van der Waals surface area contributed by atoms with Crippen molar-refractivity contribution in [2.45, 2.75) is 44.1 Å². The van der Waals surface area contributed by atoms with Gasteiger partial charge in [0.25, 0.3) is 0 Å². The topological polar surface area (TPSA) is 63.8 Å². The molecule has 164 valence electrons. The van der Waals surface area contributed by atoms with Crippen molar-refractivity contribution in [1.29, 1.82) is 0 Å². The molecule has 0 aliphatic heterocycles. The van der Waals surface area contributed by atoms with Gasteiger partial charge in [0.1, 0.15) is 0 Å². The maximum Gasteiger partial charge on any atom is 0.451 e. The molecule has 2 heterocycles. The van der Waals surface area contributed by atoms with Crippen LogP contribution >= 0.6 is 0 Å². The van der Waals surface area contributed by atoms with E-state index in [0.29, 0.717) is 18.4 Å². The summed E-state index contributed by atoms with van der Waals surface area (Å²) in [6, 6.07) is 5.08. The van der Waals surface area contributed by atoms with Crippen molar-refractivity contribution in [1.82, 2.24) is 15.0 Å². The van der Waals surface area contributed by atoms with Gasteiger partial charge in [-0.3, -0.25) is 0 Å². The van der Waals surface area contributed by atoms with Crippen LogP contribution in [-0.2, 0) is 17.9 Å². The minimum atomic E-state index is -4.67. The maximum atomic E-state index is 13.1. The van der Waals surface area contributed by atoms with Crippen LogP contribution < -0.4 is 5.32 Å². The maximum absolute atomic E-state index is 13.1. The predicted octanol–water partition coefficient (Wildman–Crippen LogP) is 5.97. The first-order chi connectivity index (χ1) is 14.5. The molecule has 0 atom stereocenters. The number of rotatable bonds is 4. The summed E-state index contributed by atoms with van der Waals surface area (Å²) in [6.07, 6.45) is -4.63. The van der Waals surface area contributed by atoms with Gasteiger partial charge in [-0.05, 0) is 43.9 Å². The summed E-state index contributed by atoms with van der Waals surface area (Å²) in [5.41, 5.74) is -1.17. The van der Waals surface area contributed by atoms with Gasteiger partial charge in [-0.15, -0.1) is 0 Å². The van der Waals surface area contributed by atoms with Crippen molar-refractivity contribution >= 4 is 5.95 Å². The number of nitrogens with one attached hydrogen (secondary N) is 1. The lowest BCUT2D eigenvalue weighted by Gasteiger charge is -2.43. The third-order valence-corrected chi connectivity index (χ3v) is 5.25. The number of aryl methyl sites for hydroxylation is 1. The molecule has 1 aliphatic carbocycles. The summed E-state index contributed by atoms with van der Waals surface area (Å²) in [4.78, 5) is 12.0. The highest BCUT2D eigenvalue weighted by Crippen LogP contribution is 2.45. The molecule has 1 aliphatic rings. The molecule has 0 bridgehead atoms. The van der Waals surface area contributed by atoms with Gasteiger partial charge in [0.15, 0.2) is 0 Å². The Balaban J connectivity index is 1.58. The second-order valence-electron chi connectivity index (χ2n) is 7.37. The van der Waals surface area contributed by atoms with Crippen LogP contribution in [0.5, 0.6) is 0 Å². The fourth-order valence-corrected chi connectivity index (χ4v) is 3.51. The summed E-state index contributed by atoms with van der Waals surface area (Å²) in [7, 11) is 0. The van der Waals surface area contributed by atoms with Crippen LogP contribution in [0.3, 0.4) is 0 Å². The molecule has 1 saturated carbocycles. The molecule has 0 spiro atoms. The molecule has 4 rings (SSSR count). The van der Waals surface area contributed by atoms with Crippen molar-refractivity contribution in [2.24, 2.45) is 0 Å². The molecular formula is C20H16F6N4O. The molecule has 5 nitrogen and oxygen atoms in total. The summed E-state index contributed by atoms with van der Waals surface area (Å²) in [5, 5.41) is 3.09. The molecule has 1 N–H and O–H groups in total. The first-order valence-electron chi connectivity index (χ1n) is 9.31. The van der Waals surface area contributed by atoms with Crippen molar-refractivity contribution in [3.8, 4) is 11.5 Å². The lowest BCUT2D eigenvalue weighted by molar-refractivity contribution is -0.153. The minimum Gasteiger partial charge on any atom is -0.431 e. The van der Waals surface area contributed by atoms with Crippen molar-refractivity contribution in [3.63, 3.8) is 0 Å². The average molecular weight is 442 g/mol. The lowest BCUT2D eigenvalue weighted by atomic mass is 9.71. The molecule has 2 aromatic heterocycles. The van der Waals surface area contributed by atoms with E-state index in [1.807, 2.05) is 0 Å². The lowest BCUT2D eigenvalue weighted by Crippen LogP contribution is -2.42. The molecular weight excluding hydrogens is 426 g/mol. The van der Waals surface area contributed by atoms with Gasteiger partial charge in [0.05, 0.1) is 22.4 Å². The zero-order valence-corrected chi connectivity index (χ0v) is 16.1. The molecule has 0 saturated heterocycles. The van der Waals surface area contributed by atoms with Crippen LogP contribution in [-0.4, -0.2) is 15.0 Å². The number of nitrogens with zero attached hydrogens (tertiary/aromatic N) is 3. The zero-order valence-electron chi connectivity index (χ0n) is 16.1. The van der Waals surface area contributed by atoms with E-state index in [9.17, 15) is 26.3 Å². The van der Waals surface area contributed by atoms with Crippen molar-refractivity contribution in [3.05, 3.63) is 59.2 Å². The molecule has 31 heavy (non-hydrogen) atoms. The standard InChI is InChI=1S/C20H16F6N4O/c1-11-15(20(24,25)26)31-16(29-11)12-9-27-17(28-10-12)30-18(6-3-7-18)13-4-2-5-14(8-13)19(21,22)23/h2,4-5,8-10H,3,6-7H2,1H3,(H,27,28,30). The Morgan fingerprint density at radius 1 is 1.00 bits per heavy atom. The van der Waals surface area contributed by atoms with E-state index in [2.05, 4.69) is 20.3 Å². The fourth-order valence-electron chi connectivity index (χ4n) is 3.51. The van der Waals surface area contributed by atoms with Crippen LogP contribution in [0.15, 0.2) is 41.1 Å². The Morgan fingerprint density at radius 2 is 1.68 bits per heavy atom. The fraction of sp³-hybridized carbons (Fsp3) is 0.350. The Bertz CT molecular complexity index is 1080. The highest BCUT2D eigenvalue weighted by Gasteiger charge is 2.41. The highest BCUT2D eigenvalue weighted by molar-refractivity contribution is 5.52. The van der Waals surface area contributed by atoms with Crippen molar-refractivity contribution in [2.75, 3.05) is 5.32 Å². The first kappa shape index (κ1) is 21.1. The quantitative estimate of drug-likeness (QED) is 0.505. The largest absolute Gasteiger partial charge is 0.451 e. The van der Waals surface area contributed by atoms with Crippen LogP contribution in [0, 0.1) is 6.92 Å². The minimum absolute atomic E-state index is 0.139. The smallest absolute Gasteiger partial charge is 0.431 e. The Hall–Kier alpha value is -3.11. The van der Waals surface area contributed by atoms with Gasteiger partial charge in [-0.25, -0.2) is 15.0 Å². The Morgan fingerprint density at radius 3 is 2.19 bits per heavy atom. The Kier molecular flexibility index (Phi) is 4.94. The third kappa shape index (κ3) is 4.08. The first-order valence-corrected chi connectivity index (χ1v) is 9.31. The highest BCUT2D eigenvalue weighted by atomic mass is 19.4. The molecule has 0 amide bonds. The number of oxazole rings is 1. The van der Waals surface area contributed by atoms with Gasteiger partial charge in [-0.1, -0.05) is 12.1 Å². The van der Waals surface area contributed by atoms with Crippen LogP contribution in [0.1, 0.15) is 41.8 Å². The summed E-state index contributed by atoms with van der Waals surface area (Å²) < 4.78 is 82.7. The third-order valence-electron chi connectivity index (χ3n) is 5.25. The van der Waals surface area contributed by atoms with E-state index in [4.69, 9.17) is 4.42 Å². The summed E-state index contributed by atoms with van der Waals surface area (Å²) in [6.45, 7) is 1.18. The zero-order chi connectivity index (χ0) is 22.4. The van der Waals surface area contributed by atoms with E-state index in [1.165, 1.54) is 25.4 Å². The second kappa shape index (κ2) is 7.24. The van der Waals surface area contributed by atoms with Gasteiger partial charge in [0, 0.05) is 12.4 Å². The summed E-state index contributed by atoms with van der Waals surface area (Å²) >= 11 is 0.